The van der Waals surface area contributed by atoms with Crippen LogP contribution in [0.4, 0.5) is 17.1 Å². The summed E-state index contributed by atoms with van der Waals surface area (Å²) in [6, 6.07) is 72.0. The summed E-state index contributed by atoms with van der Waals surface area (Å²) in [6.45, 7) is 0. The number of fused-ring (bicyclic) bond motifs is 6. The molecule has 8 aromatic carbocycles. The Morgan fingerprint density at radius 2 is 0.667 bits per heavy atom. The maximum atomic E-state index is 2.41. The second-order valence-corrected chi connectivity index (χ2v) is 13.0. The highest BCUT2D eigenvalue weighted by Gasteiger charge is 2.18. The molecule has 0 radical (unpaired) electrons. The van der Waals surface area contributed by atoms with Crippen molar-refractivity contribution in [3.05, 3.63) is 200 Å². The number of aromatic nitrogens is 2. The third-order valence-electron chi connectivity index (χ3n) is 10.1. The molecule has 0 aliphatic carbocycles. The fourth-order valence-electron chi connectivity index (χ4n) is 7.79. The summed E-state index contributed by atoms with van der Waals surface area (Å²) in [4.78, 5) is 2.32. The first-order chi connectivity index (χ1) is 25.3. The zero-order valence-corrected chi connectivity index (χ0v) is 27.9. The number of hydrogen-bond acceptors (Lipinski definition) is 1. The van der Waals surface area contributed by atoms with Crippen molar-refractivity contribution in [1.82, 2.24) is 9.13 Å². The van der Waals surface area contributed by atoms with Crippen LogP contribution in [0.15, 0.2) is 200 Å². The van der Waals surface area contributed by atoms with E-state index in [1.165, 1.54) is 54.7 Å². The first-order valence-electron chi connectivity index (χ1n) is 17.4. The van der Waals surface area contributed by atoms with E-state index in [2.05, 4.69) is 214 Å². The minimum atomic E-state index is 1.10. The Labute approximate surface area is 296 Å². The van der Waals surface area contributed by atoms with E-state index < -0.39 is 0 Å². The normalized spacial score (nSPS) is 11.5. The average molecular weight is 652 g/mol. The lowest BCUT2D eigenvalue weighted by Crippen LogP contribution is -2.10. The van der Waals surface area contributed by atoms with Gasteiger partial charge in [-0.25, -0.2) is 0 Å². The Balaban J connectivity index is 1.11. The van der Waals surface area contributed by atoms with Crippen molar-refractivity contribution in [2.45, 2.75) is 0 Å². The van der Waals surface area contributed by atoms with E-state index >= 15 is 0 Å². The van der Waals surface area contributed by atoms with Gasteiger partial charge in [0, 0.05) is 50.0 Å². The molecule has 0 N–H and O–H groups in total. The number of rotatable bonds is 6. The Bertz CT molecular complexity index is 2770. The van der Waals surface area contributed by atoms with Crippen LogP contribution in [-0.2, 0) is 0 Å². The SMILES string of the molecule is c1ccc(-c2ccc(N(c3ccccc3)c3ccc(-n4c5ccccc5c5ccc(-n6c7ccccc7c7ccccc76)cc54)cc3)cc2)cc1. The van der Waals surface area contributed by atoms with Crippen molar-refractivity contribution in [2.24, 2.45) is 0 Å². The first-order valence-corrected chi connectivity index (χ1v) is 17.4. The van der Waals surface area contributed by atoms with Crippen molar-refractivity contribution in [3.8, 4) is 22.5 Å². The third kappa shape index (κ3) is 4.82. The number of anilines is 3. The van der Waals surface area contributed by atoms with Crippen LogP contribution in [0, 0.1) is 0 Å². The molecule has 2 aromatic heterocycles. The molecule has 3 heteroatoms. The topological polar surface area (TPSA) is 13.1 Å². The molecule has 51 heavy (non-hydrogen) atoms. The summed E-state index contributed by atoms with van der Waals surface area (Å²) in [6.07, 6.45) is 0. The van der Waals surface area contributed by atoms with E-state index in [1.807, 2.05) is 0 Å². The quantitative estimate of drug-likeness (QED) is 0.174. The Hall–Kier alpha value is -6.84. The summed E-state index contributed by atoms with van der Waals surface area (Å²) in [5.41, 5.74) is 12.8. The van der Waals surface area contributed by atoms with Gasteiger partial charge in [0.05, 0.1) is 22.1 Å². The lowest BCUT2D eigenvalue weighted by Gasteiger charge is -2.26. The van der Waals surface area contributed by atoms with Crippen LogP contribution < -0.4 is 4.90 Å². The lowest BCUT2D eigenvalue weighted by atomic mass is 10.0. The number of nitrogens with zero attached hydrogens (tertiary/aromatic N) is 3. The fourth-order valence-corrected chi connectivity index (χ4v) is 7.79. The van der Waals surface area contributed by atoms with Gasteiger partial charge in [0.1, 0.15) is 0 Å². The smallest absolute Gasteiger partial charge is 0.0561 e. The summed E-state index contributed by atoms with van der Waals surface area (Å²) >= 11 is 0. The highest BCUT2D eigenvalue weighted by Crippen LogP contribution is 2.39. The molecule has 0 atom stereocenters. The second kappa shape index (κ2) is 11.9. The van der Waals surface area contributed by atoms with Gasteiger partial charge in [-0.3, -0.25) is 0 Å². The molecule has 0 unspecified atom stereocenters. The van der Waals surface area contributed by atoms with Crippen LogP contribution in [0.3, 0.4) is 0 Å². The molecule has 10 rings (SSSR count). The zero-order valence-electron chi connectivity index (χ0n) is 27.9. The van der Waals surface area contributed by atoms with Crippen molar-refractivity contribution in [3.63, 3.8) is 0 Å². The molecule has 0 saturated carbocycles. The van der Waals surface area contributed by atoms with Gasteiger partial charge in [0.15, 0.2) is 0 Å². The minimum Gasteiger partial charge on any atom is -0.311 e. The van der Waals surface area contributed by atoms with Crippen LogP contribution in [0.25, 0.3) is 66.1 Å². The van der Waals surface area contributed by atoms with Crippen molar-refractivity contribution in [1.29, 1.82) is 0 Å². The predicted molar refractivity (Wildman–Crippen MR) is 215 cm³/mol. The summed E-state index contributed by atoms with van der Waals surface area (Å²) < 4.78 is 4.81. The largest absolute Gasteiger partial charge is 0.311 e. The van der Waals surface area contributed by atoms with Gasteiger partial charge in [-0.2, -0.15) is 0 Å². The molecule has 0 fully saturated rings. The number of para-hydroxylation sites is 4. The summed E-state index contributed by atoms with van der Waals surface area (Å²) in [5, 5.41) is 5.02. The first kappa shape index (κ1) is 29.1. The summed E-state index contributed by atoms with van der Waals surface area (Å²) in [5.74, 6) is 0. The number of benzene rings is 8. The monoisotopic (exact) mass is 651 g/mol. The molecule has 0 amide bonds. The molecule has 240 valence electrons. The van der Waals surface area contributed by atoms with Gasteiger partial charge < -0.3 is 14.0 Å². The zero-order chi connectivity index (χ0) is 33.7. The molecule has 2 heterocycles. The minimum absolute atomic E-state index is 1.10. The maximum Gasteiger partial charge on any atom is 0.0561 e. The van der Waals surface area contributed by atoms with E-state index in [0.717, 1.165) is 28.4 Å². The van der Waals surface area contributed by atoms with Crippen molar-refractivity contribution in [2.75, 3.05) is 4.90 Å². The van der Waals surface area contributed by atoms with E-state index in [1.54, 1.807) is 0 Å². The third-order valence-corrected chi connectivity index (χ3v) is 10.1. The Morgan fingerprint density at radius 1 is 0.275 bits per heavy atom. The molecule has 3 nitrogen and oxygen atoms in total. The standard InChI is InChI=1S/C48H33N3/c1-3-13-34(14-4-1)35-23-25-37(26-24-35)49(36-15-5-2-6-16-36)38-27-29-39(30-28-38)50-45-20-10-9-19-43(45)44-32-31-40(33-48(44)50)51-46-21-11-7-17-41(46)42-18-8-12-22-47(42)51/h1-33H. The Morgan fingerprint density at radius 3 is 1.24 bits per heavy atom. The highest BCUT2D eigenvalue weighted by molar-refractivity contribution is 6.12. The van der Waals surface area contributed by atoms with Gasteiger partial charge in [-0.05, 0) is 90.0 Å². The predicted octanol–water partition coefficient (Wildman–Crippen LogP) is 13.0. The molecule has 0 aliphatic rings. The number of hydrogen-bond donors (Lipinski definition) is 0. The van der Waals surface area contributed by atoms with Gasteiger partial charge in [0.25, 0.3) is 0 Å². The van der Waals surface area contributed by atoms with E-state index in [0.29, 0.717) is 0 Å². The van der Waals surface area contributed by atoms with Crippen molar-refractivity contribution >= 4 is 60.7 Å². The molecule has 0 aliphatic heterocycles. The van der Waals surface area contributed by atoms with Crippen LogP contribution in [0.1, 0.15) is 0 Å². The fraction of sp³-hybridized carbons (Fsp3) is 0. The van der Waals surface area contributed by atoms with Gasteiger partial charge >= 0.3 is 0 Å². The second-order valence-electron chi connectivity index (χ2n) is 13.0. The Kier molecular flexibility index (Phi) is 6.81. The molecular weight excluding hydrogens is 619 g/mol. The van der Waals surface area contributed by atoms with Crippen LogP contribution in [0.5, 0.6) is 0 Å². The van der Waals surface area contributed by atoms with Gasteiger partial charge in [-0.1, -0.05) is 121 Å². The van der Waals surface area contributed by atoms with E-state index in [9.17, 15) is 0 Å². The van der Waals surface area contributed by atoms with Gasteiger partial charge in [-0.15, -0.1) is 0 Å². The van der Waals surface area contributed by atoms with Crippen LogP contribution >= 0.6 is 0 Å². The van der Waals surface area contributed by atoms with E-state index in [4.69, 9.17) is 0 Å². The lowest BCUT2D eigenvalue weighted by molar-refractivity contribution is 1.15. The molecular formula is C48H33N3. The average Bonchev–Trinajstić information content (AvgIpc) is 3.72. The van der Waals surface area contributed by atoms with Crippen LogP contribution in [-0.4, -0.2) is 9.13 Å². The van der Waals surface area contributed by atoms with Crippen LogP contribution in [0.2, 0.25) is 0 Å². The van der Waals surface area contributed by atoms with Gasteiger partial charge in [0.2, 0.25) is 0 Å². The maximum absolute atomic E-state index is 2.41. The van der Waals surface area contributed by atoms with Crippen molar-refractivity contribution < 1.29 is 0 Å². The summed E-state index contributed by atoms with van der Waals surface area (Å²) in [7, 11) is 0. The highest BCUT2D eigenvalue weighted by atomic mass is 15.1. The van der Waals surface area contributed by atoms with E-state index in [-0.39, 0.29) is 0 Å². The molecule has 10 aromatic rings. The molecule has 0 saturated heterocycles. The molecule has 0 bridgehead atoms. The molecule has 0 spiro atoms.